The first-order valence-electron chi connectivity index (χ1n) is 8.45. The Balaban J connectivity index is 1.65. The summed E-state index contributed by atoms with van der Waals surface area (Å²) in [5.41, 5.74) is 5.38. The zero-order valence-corrected chi connectivity index (χ0v) is 15.8. The van der Waals surface area contributed by atoms with E-state index in [4.69, 9.17) is 16.1 Å². The minimum atomic E-state index is -4.91. The molecule has 0 spiro atoms. The number of urea groups is 1. The number of hydrazine groups is 1. The van der Waals surface area contributed by atoms with Crippen LogP contribution in [0.1, 0.15) is 18.7 Å². The fraction of sp³-hybridized carbons (Fsp3) is 0.667. The number of rotatable bonds is 7. The number of piperidine rings is 1. The molecular formula is C12H19N9O7S. The molecule has 2 aliphatic rings. The number of nitrogens with zero attached hydrogens (tertiary/aromatic N) is 7. The molecule has 0 saturated carbocycles. The minimum Gasteiger partial charge on any atom is -0.330 e. The molecule has 3 rings (SSSR count). The predicted molar refractivity (Wildman–Crippen MR) is 90.0 cm³/mol. The molecule has 160 valence electrons. The Morgan fingerprint density at radius 2 is 2.07 bits per heavy atom. The van der Waals surface area contributed by atoms with Gasteiger partial charge in [0.15, 0.2) is 5.82 Å². The highest BCUT2D eigenvalue weighted by atomic mass is 32.3. The number of imide groups is 1. The molecule has 2 aliphatic heterocycles. The smallest absolute Gasteiger partial charge is 0.330 e. The summed E-state index contributed by atoms with van der Waals surface area (Å²) in [6.07, 6.45) is 0.676. The van der Waals surface area contributed by atoms with Crippen LogP contribution in [0.25, 0.3) is 0 Å². The number of hydroxylamine groups is 2. The number of carbonyl (C=O) groups excluding carboxylic acids is 3. The van der Waals surface area contributed by atoms with Crippen molar-refractivity contribution in [2.24, 2.45) is 11.6 Å². The van der Waals surface area contributed by atoms with Crippen LogP contribution in [0.4, 0.5) is 4.79 Å². The topological polar surface area (TPSA) is 220 Å². The van der Waals surface area contributed by atoms with E-state index in [1.807, 2.05) is 0 Å². The molecule has 2 atom stereocenters. The maximum atomic E-state index is 12.6. The van der Waals surface area contributed by atoms with Gasteiger partial charge in [0, 0.05) is 13.0 Å². The van der Waals surface area contributed by atoms with Crippen molar-refractivity contribution in [3.05, 3.63) is 5.82 Å². The number of tetrazole rings is 1. The van der Waals surface area contributed by atoms with Crippen LogP contribution >= 0.6 is 0 Å². The zero-order valence-electron chi connectivity index (χ0n) is 15.0. The molecule has 5 N–H and O–H groups in total. The average Bonchev–Trinajstić information content (AvgIpc) is 3.18. The van der Waals surface area contributed by atoms with Crippen molar-refractivity contribution < 1.29 is 31.6 Å². The quantitative estimate of drug-likeness (QED) is 0.164. The van der Waals surface area contributed by atoms with Gasteiger partial charge in [-0.1, -0.05) is 0 Å². The second kappa shape index (κ2) is 7.95. The number of hydrogen-bond donors (Lipinski definition) is 3. The molecule has 1 aromatic rings. The van der Waals surface area contributed by atoms with E-state index in [-0.39, 0.29) is 19.4 Å². The predicted octanol–water partition coefficient (Wildman–Crippen LogP) is -3.59. The zero-order chi connectivity index (χ0) is 21.3. The highest BCUT2D eigenvalue weighted by Gasteiger charge is 2.50. The van der Waals surface area contributed by atoms with Gasteiger partial charge in [0.2, 0.25) is 0 Å². The highest BCUT2D eigenvalue weighted by Crippen LogP contribution is 2.31. The molecule has 3 heterocycles. The lowest BCUT2D eigenvalue weighted by molar-refractivity contribution is -0.149. The summed E-state index contributed by atoms with van der Waals surface area (Å²) in [5.74, 6) is 4.25. The van der Waals surface area contributed by atoms with Crippen molar-refractivity contribution in [3.8, 4) is 0 Å². The van der Waals surface area contributed by atoms with Gasteiger partial charge in [0.05, 0.1) is 6.04 Å². The summed E-state index contributed by atoms with van der Waals surface area (Å²) in [5, 5.41) is 12.1. The van der Waals surface area contributed by atoms with Crippen molar-refractivity contribution in [2.45, 2.75) is 37.9 Å². The van der Waals surface area contributed by atoms with Gasteiger partial charge in [-0.15, -0.1) is 14.5 Å². The lowest BCUT2D eigenvalue weighted by atomic mass is 10.00. The largest absolute Gasteiger partial charge is 0.418 e. The van der Waals surface area contributed by atoms with Gasteiger partial charge in [0.25, 0.3) is 11.8 Å². The standard InChI is InChI=1S/C12H19N9O7S/c13-4-3-9-15-17-19(16-9)6-10(22)20(14)11(23)8-2-1-7-5-18(8)12(24)21(7)28-29(25,26)27/h7-8H,1-6,13-14H2,(H,25,26,27)/t7-,8+/m1/s1. The van der Waals surface area contributed by atoms with Gasteiger partial charge in [-0.2, -0.15) is 18.3 Å². The first kappa shape index (κ1) is 21.0. The van der Waals surface area contributed by atoms with Gasteiger partial charge >= 0.3 is 16.4 Å². The highest BCUT2D eigenvalue weighted by molar-refractivity contribution is 7.80. The summed E-state index contributed by atoms with van der Waals surface area (Å²) in [6, 6.07) is -2.70. The Morgan fingerprint density at radius 1 is 1.34 bits per heavy atom. The SMILES string of the molecule is NCCc1nnn(CC(=O)N(N)C(=O)[C@@H]2CC[C@@H]3CN2C(=O)N3OS(=O)(=O)O)n1. The van der Waals surface area contributed by atoms with Gasteiger partial charge in [-0.25, -0.2) is 15.6 Å². The first-order chi connectivity index (χ1) is 13.6. The van der Waals surface area contributed by atoms with Gasteiger partial charge in [-0.3, -0.25) is 14.1 Å². The molecule has 0 unspecified atom stereocenters. The van der Waals surface area contributed by atoms with E-state index in [0.717, 1.165) is 9.70 Å². The number of hydrogen-bond acceptors (Lipinski definition) is 11. The van der Waals surface area contributed by atoms with Crippen molar-refractivity contribution in [3.63, 3.8) is 0 Å². The Labute approximate surface area is 164 Å². The Hall–Kier alpha value is -2.73. The van der Waals surface area contributed by atoms with Crippen LogP contribution in [0.15, 0.2) is 0 Å². The molecule has 0 aliphatic carbocycles. The van der Waals surface area contributed by atoms with E-state index in [1.54, 1.807) is 0 Å². The first-order valence-corrected chi connectivity index (χ1v) is 9.82. The van der Waals surface area contributed by atoms with Crippen molar-refractivity contribution in [1.82, 2.24) is 35.2 Å². The summed E-state index contributed by atoms with van der Waals surface area (Å²) in [6.45, 7) is -0.188. The lowest BCUT2D eigenvalue weighted by Gasteiger charge is -2.31. The Morgan fingerprint density at radius 3 is 2.72 bits per heavy atom. The maximum Gasteiger partial charge on any atom is 0.418 e. The Kier molecular flexibility index (Phi) is 5.75. The maximum absolute atomic E-state index is 12.6. The molecule has 17 heteroatoms. The molecule has 0 radical (unpaired) electrons. The number of carbonyl (C=O) groups is 3. The molecule has 2 saturated heterocycles. The second-order valence-electron chi connectivity index (χ2n) is 6.39. The van der Waals surface area contributed by atoms with Gasteiger partial charge < -0.3 is 10.6 Å². The molecular weight excluding hydrogens is 414 g/mol. The fourth-order valence-electron chi connectivity index (χ4n) is 3.14. The van der Waals surface area contributed by atoms with Crippen LogP contribution in [0.3, 0.4) is 0 Å². The molecule has 16 nitrogen and oxygen atoms in total. The molecule has 2 bridgehead atoms. The van der Waals surface area contributed by atoms with Crippen LogP contribution in [0.2, 0.25) is 0 Å². The van der Waals surface area contributed by atoms with Crippen LogP contribution in [0, 0.1) is 0 Å². The minimum absolute atomic E-state index is 0.0279. The molecule has 4 amide bonds. The van der Waals surface area contributed by atoms with E-state index < -0.39 is 46.9 Å². The number of nitrogens with two attached hydrogens (primary N) is 2. The van der Waals surface area contributed by atoms with Crippen LogP contribution in [-0.2, 0) is 37.2 Å². The lowest BCUT2D eigenvalue weighted by Crippen LogP contribution is -2.55. The molecule has 2 fully saturated rings. The van der Waals surface area contributed by atoms with E-state index in [0.29, 0.717) is 28.9 Å². The van der Waals surface area contributed by atoms with E-state index in [2.05, 4.69) is 19.7 Å². The molecule has 1 aromatic heterocycles. The number of aromatic nitrogens is 4. The second-order valence-corrected chi connectivity index (χ2v) is 7.39. The fourth-order valence-corrected chi connectivity index (χ4v) is 3.53. The van der Waals surface area contributed by atoms with Crippen molar-refractivity contribution >= 4 is 28.2 Å². The number of fused-ring (bicyclic) bond motifs is 2. The van der Waals surface area contributed by atoms with Gasteiger partial charge in [-0.05, 0) is 24.6 Å². The summed E-state index contributed by atoms with van der Waals surface area (Å²) in [4.78, 5) is 39.2. The van der Waals surface area contributed by atoms with Crippen LogP contribution in [-0.4, -0.2) is 91.2 Å². The summed E-state index contributed by atoms with van der Waals surface area (Å²) < 4.78 is 34.9. The monoisotopic (exact) mass is 433 g/mol. The van der Waals surface area contributed by atoms with E-state index >= 15 is 0 Å². The third-order valence-electron chi connectivity index (χ3n) is 4.43. The molecule has 29 heavy (non-hydrogen) atoms. The van der Waals surface area contributed by atoms with Crippen molar-refractivity contribution in [1.29, 1.82) is 0 Å². The summed E-state index contributed by atoms with van der Waals surface area (Å²) in [7, 11) is -4.91. The van der Waals surface area contributed by atoms with Crippen LogP contribution in [0.5, 0.6) is 0 Å². The normalized spacial score (nSPS) is 21.6. The average molecular weight is 433 g/mol. The van der Waals surface area contributed by atoms with E-state index in [1.165, 1.54) is 0 Å². The van der Waals surface area contributed by atoms with Gasteiger partial charge in [0.1, 0.15) is 12.6 Å². The third-order valence-corrected chi connectivity index (χ3v) is 4.78. The van der Waals surface area contributed by atoms with Crippen LogP contribution < -0.4 is 11.6 Å². The molecule has 0 aromatic carbocycles. The third kappa shape index (κ3) is 4.48. The number of amides is 4. The Bertz CT molecular complexity index is 919. The van der Waals surface area contributed by atoms with Crippen molar-refractivity contribution in [2.75, 3.05) is 13.1 Å². The summed E-state index contributed by atoms with van der Waals surface area (Å²) >= 11 is 0. The van der Waals surface area contributed by atoms with E-state index in [9.17, 15) is 22.8 Å².